The summed E-state index contributed by atoms with van der Waals surface area (Å²) in [6.45, 7) is 9.10. The number of hydrogen-bond donors (Lipinski definition) is 1. The SMILES string of the molecule is CCn1c(COc2c(C)cccc2C)nnc1SCC(=O)Nc1ccc(Br)c(C)c1. The van der Waals surface area contributed by atoms with Crippen molar-refractivity contribution in [2.24, 2.45) is 0 Å². The average Bonchev–Trinajstić information content (AvgIpc) is 3.10. The number of para-hydroxylation sites is 1. The number of nitrogens with one attached hydrogen (secondary N) is 1. The molecule has 0 saturated carbocycles. The van der Waals surface area contributed by atoms with Crippen molar-refractivity contribution in [1.82, 2.24) is 14.8 Å². The van der Waals surface area contributed by atoms with E-state index in [9.17, 15) is 4.79 Å². The Balaban J connectivity index is 1.61. The zero-order valence-electron chi connectivity index (χ0n) is 17.5. The maximum Gasteiger partial charge on any atom is 0.234 e. The zero-order chi connectivity index (χ0) is 21.7. The lowest BCUT2D eigenvalue weighted by Crippen LogP contribution is -2.15. The van der Waals surface area contributed by atoms with Gasteiger partial charge in [0.25, 0.3) is 0 Å². The van der Waals surface area contributed by atoms with Gasteiger partial charge in [-0.1, -0.05) is 45.9 Å². The Labute approximate surface area is 189 Å². The maximum atomic E-state index is 12.3. The highest BCUT2D eigenvalue weighted by atomic mass is 79.9. The van der Waals surface area contributed by atoms with Crippen molar-refractivity contribution < 1.29 is 9.53 Å². The molecule has 158 valence electrons. The predicted octanol–water partition coefficient (Wildman–Crippen LogP) is 5.30. The van der Waals surface area contributed by atoms with Crippen LogP contribution in [0, 0.1) is 20.8 Å². The monoisotopic (exact) mass is 488 g/mol. The van der Waals surface area contributed by atoms with Gasteiger partial charge in [-0.3, -0.25) is 4.79 Å². The molecule has 3 aromatic rings. The van der Waals surface area contributed by atoms with Crippen LogP contribution in [0.3, 0.4) is 0 Å². The minimum Gasteiger partial charge on any atom is -0.485 e. The Morgan fingerprint density at radius 2 is 1.87 bits per heavy atom. The number of rotatable bonds is 8. The second-order valence-corrected chi connectivity index (χ2v) is 8.75. The number of nitrogens with zero attached hydrogens (tertiary/aromatic N) is 3. The largest absolute Gasteiger partial charge is 0.485 e. The molecule has 6 nitrogen and oxygen atoms in total. The molecule has 0 bridgehead atoms. The second kappa shape index (κ2) is 10.1. The third kappa shape index (κ3) is 5.43. The molecule has 1 aromatic heterocycles. The zero-order valence-corrected chi connectivity index (χ0v) is 19.9. The van der Waals surface area contributed by atoms with Crippen molar-refractivity contribution in [2.75, 3.05) is 11.1 Å². The summed E-state index contributed by atoms with van der Waals surface area (Å²) < 4.78 is 9.02. The van der Waals surface area contributed by atoms with Crippen molar-refractivity contribution in [1.29, 1.82) is 0 Å². The molecular weight excluding hydrogens is 464 g/mol. The first-order chi connectivity index (χ1) is 14.4. The van der Waals surface area contributed by atoms with Gasteiger partial charge in [-0.2, -0.15) is 0 Å². The van der Waals surface area contributed by atoms with E-state index < -0.39 is 0 Å². The highest BCUT2D eigenvalue weighted by Gasteiger charge is 2.15. The number of aromatic nitrogens is 3. The molecule has 0 aliphatic carbocycles. The second-order valence-electron chi connectivity index (χ2n) is 6.95. The van der Waals surface area contributed by atoms with Crippen LogP contribution in [0.5, 0.6) is 5.75 Å². The Kier molecular flexibility index (Phi) is 7.55. The van der Waals surface area contributed by atoms with Crippen LogP contribution in [0.4, 0.5) is 5.69 Å². The van der Waals surface area contributed by atoms with E-state index in [0.717, 1.165) is 38.4 Å². The normalized spacial score (nSPS) is 10.8. The van der Waals surface area contributed by atoms with E-state index in [1.165, 1.54) is 11.8 Å². The average molecular weight is 489 g/mol. The van der Waals surface area contributed by atoms with Gasteiger partial charge in [0.05, 0.1) is 5.75 Å². The number of carbonyl (C=O) groups is 1. The molecule has 30 heavy (non-hydrogen) atoms. The summed E-state index contributed by atoms with van der Waals surface area (Å²) in [5, 5.41) is 12.2. The van der Waals surface area contributed by atoms with Crippen LogP contribution in [0.25, 0.3) is 0 Å². The van der Waals surface area contributed by atoms with Crippen molar-refractivity contribution in [2.45, 2.75) is 46.0 Å². The lowest BCUT2D eigenvalue weighted by atomic mass is 10.1. The van der Waals surface area contributed by atoms with E-state index in [-0.39, 0.29) is 11.7 Å². The van der Waals surface area contributed by atoms with Gasteiger partial charge in [-0.05, 0) is 62.6 Å². The summed E-state index contributed by atoms with van der Waals surface area (Å²) in [7, 11) is 0. The van der Waals surface area contributed by atoms with Crippen LogP contribution in [0.15, 0.2) is 46.0 Å². The van der Waals surface area contributed by atoms with Crippen LogP contribution < -0.4 is 10.1 Å². The van der Waals surface area contributed by atoms with E-state index in [2.05, 4.69) is 31.4 Å². The van der Waals surface area contributed by atoms with Gasteiger partial charge in [0.1, 0.15) is 12.4 Å². The van der Waals surface area contributed by atoms with Crippen molar-refractivity contribution in [3.05, 3.63) is 63.4 Å². The molecule has 1 heterocycles. The van der Waals surface area contributed by atoms with Gasteiger partial charge in [0, 0.05) is 16.7 Å². The number of amides is 1. The summed E-state index contributed by atoms with van der Waals surface area (Å²) >= 11 is 4.83. The number of thioether (sulfide) groups is 1. The quantitative estimate of drug-likeness (QED) is 0.435. The Morgan fingerprint density at radius 1 is 1.13 bits per heavy atom. The van der Waals surface area contributed by atoms with E-state index in [1.807, 2.05) is 68.7 Å². The Morgan fingerprint density at radius 3 is 2.53 bits per heavy atom. The highest BCUT2D eigenvalue weighted by Crippen LogP contribution is 2.25. The highest BCUT2D eigenvalue weighted by molar-refractivity contribution is 9.10. The molecule has 0 aliphatic rings. The number of hydrogen-bond acceptors (Lipinski definition) is 5. The maximum absolute atomic E-state index is 12.3. The van der Waals surface area contributed by atoms with Crippen LogP contribution in [0.2, 0.25) is 0 Å². The molecule has 0 unspecified atom stereocenters. The number of halogens is 1. The summed E-state index contributed by atoms with van der Waals surface area (Å²) in [5.74, 6) is 1.79. The van der Waals surface area contributed by atoms with Crippen molar-refractivity contribution >= 4 is 39.3 Å². The van der Waals surface area contributed by atoms with Crippen LogP contribution in [-0.2, 0) is 17.9 Å². The fourth-order valence-corrected chi connectivity index (χ4v) is 4.13. The van der Waals surface area contributed by atoms with Gasteiger partial charge < -0.3 is 14.6 Å². The van der Waals surface area contributed by atoms with Crippen LogP contribution in [0.1, 0.15) is 29.4 Å². The van der Waals surface area contributed by atoms with Gasteiger partial charge in [-0.25, -0.2) is 0 Å². The molecule has 0 saturated heterocycles. The molecule has 0 atom stereocenters. The molecule has 2 aromatic carbocycles. The van der Waals surface area contributed by atoms with Gasteiger partial charge in [-0.15, -0.1) is 10.2 Å². The molecular formula is C22H25BrN4O2S. The standard InChI is InChI=1S/C22H25BrN4O2S/c1-5-27-19(12-29-21-14(2)7-6-8-15(21)3)25-26-22(27)30-13-20(28)24-17-9-10-18(23)16(4)11-17/h6-11H,5,12-13H2,1-4H3,(H,24,28). The molecule has 0 spiro atoms. The van der Waals surface area contributed by atoms with E-state index in [0.29, 0.717) is 18.3 Å². The number of ether oxygens (including phenoxy) is 1. The molecule has 0 fully saturated rings. The molecule has 1 N–H and O–H groups in total. The molecule has 3 rings (SSSR count). The van der Waals surface area contributed by atoms with E-state index >= 15 is 0 Å². The lowest BCUT2D eigenvalue weighted by molar-refractivity contribution is -0.113. The smallest absolute Gasteiger partial charge is 0.234 e. The third-order valence-electron chi connectivity index (χ3n) is 4.64. The predicted molar refractivity (Wildman–Crippen MR) is 124 cm³/mol. The number of carbonyl (C=O) groups excluding carboxylic acids is 1. The summed E-state index contributed by atoms with van der Waals surface area (Å²) in [6.07, 6.45) is 0. The Hall–Kier alpha value is -2.32. The van der Waals surface area contributed by atoms with Crippen molar-refractivity contribution in [3.63, 3.8) is 0 Å². The molecule has 1 amide bonds. The molecule has 0 aliphatic heterocycles. The van der Waals surface area contributed by atoms with Crippen molar-refractivity contribution in [3.8, 4) is 5.75 Å². The number of aryl methyl sites for hydroxylation is 3. The fourth-order valence-electron chi connectivity index (χ4n) is 3.06. The minimum atomic E-state index is -0.0827. The van der Waals surface area contributed by atoms with Gasteiger partial charge >= 0.3 is 0 Å². The first-order valence-electron chi connectivity index (χ1n) is 9.69. The Bertz CT molecular complexity index is 1030. The molecule has 0 radical (unpaired) electrons. The summed E-state index contributed by atoms with van der Waals surface area (Å²) in [4.78, 5) is 12.3. The lowest BCUT2D eigenvalue weighted by Gasteiger charge is -2.12. The van der Waals surface area contributed by atoms with Gasteiger partial charge in [0.2, 0.25) is 5.91 Å². The minimum absolute atomic E-state index is 0.0827. The first kappa shape index (κ1) is 22.4. The molecule has 8 heteroatoms. The third-order valence-corrected chi connectivity index (χ3v) is 6.49. The van der Waals surface area contributed by atoms with Crippen LogP contribution >= 0.6 is 27.7 Å². The number of anilines is 1. The first-order valence-corrected chi connectivity index (χ1v) is 11.5. The summed E-state index contributed by atoms with van der Waals surface area (Å²) in [6, 6.07) is 11.8. The summed E-state index contributed by atoms with van der Waals surface area (Å²) in [5.41, 5.74) is 4.03. The van der Waals surface area contributed by atoms with Gasteiger partial charge in [0.15, 0.2) is 11.0 Å². The van der Waals surface area contributed by atoms with E-state index in [4.69, 9.17) is 4.74 Å². The number of benzene rings is 2. The van der Waals surface area contributed by atoms with E-state index in [1.54, 1.807) is 0 Å². The fraction of sp³-hybridized carbons (Fsp3) is 0.318. The van der Waals surface area contributed by atoms with Crippen LogP contribution in [-0.4, -0.2) is 26.4 Å². The topological polar surface area (TPSA) is 69.0 Å².